The van der Waals surface area contributed by atoms with Crippen molar-refractivity contribution in [3.05, 3.63) is 72.3 Å². The Morgan fingerprint density at radius 2 is 1.29 bits per heavy atom. The molecule has 3 nitrogen and oxygen atoms in total. The van der Waals surface area contributed by atoms with E-state index in [9.17, 15) is 10.2 Å². The van der Waals surface area contributed by atoms with Crippen molar-refractivity contribution in [2.75, 3.05) is 0 Å². The molecular formula is C21H17NO2. The number of phenolic OH excluding ortho intramolecular Hbond substituents is 2. The van der Waals surface area contributed by atoms with Crippen LogP contribution in [0.3, 0.4) is 0 Å². The summed E-state index contributed by atoms with van der Waals surface area (Å²) >= 11 is 0. The Hall–Kier alpha value is -3.04. The average molecular weight is 315 g/mol. The van der Waals surface area contributed by atoms with E-state index in [1.165, 1.54) is 0 Å². The van der Waals surface area contributed by atoms with Gasteiger partial charge in [0.15, 0.2) is 0 Å². The van der Waals surface area contributed by atoms with Crippen LogP contribution in [0.15, 0.2) is 66.7 Å². The first-order chi connectivity index (χ1) is 11.7. The predicted octanol–water partition coefficient (Wildman–Crippen LogP) is 4.53. The Balaban J connectivity index is 2.10. The summed E-state index contributed by atoms with van der Waals surface area (Å²) in [6, 6.07) is 20.9. The fourth-order valence-electron chi connectivity index (χ4n) is 3.24. The van der Waals surface area contributed by atoms with Gasteiger partial charge in [-0.2, -0.15) is 0 Å². The molecule has 0 amide bonds. The van der Waals surface area contributed by atoms with E-state index >= 15 is 0 Å². The maximum atomic E-state index is 10.8. The van der Waals surface area contributed by atoms with Crippen molar-refractivity contribution in [2.24, 2.45) is 5.73 Å². The lowest BCUT2D eigenvalue weighted by Gasteiger charge is -2.13. The lowest BCUT2D eigenvalue weighted by molar-refractivity contribution is 0.478. The van der Waals surface area contributed by atoms with Gasteiger partial charge >= 0.3 is 0 Å². The van der Waals surface area contributed by atoms with Crippen LogP contribution in [-0.2, 0) is 6.54 Å². The number of hydrogen-bond donors (Lipinski definition) is 3. The van der Waals surface area contributed by atoms with Crippen molar-refractivity contribution >= 4 is 21.5 Å². The van der Waals surface area contributed by atoms with Crippen LogP contribution < -0.4 is 5.73 Å². The van der Waals surface area contributed by atoms with Crippen LogP contribution in [0.4, 0.5) is 0 Å². The molecule has 0 aliphatic carbocycles. The van der Waals surface area contributed by atoms with Crippen molar-refractivity contribution < 1.29 is 10.2 Å². The molecule has 4 aromatic rings. The average Bonchev–Trinajstić information content (AvgIpc) is 2.65. The highest BCUT2D eigenvalue weighted by Gasteiger charge is 2.16. The van der Waals surface area contributed by atoms with E-state index < -0.39 is 0 Å². The van der Waals surface area contributed by atoms with Gasteiger partial charge in [0, 0.05) is 28.1 Å². The Labute approximate surface area is 139 Å². The third-order valence-electron chi connectivity index (χ3n) is 4.49. The number of nitrogens with two attached hydrogens (primary N) is 1. The standard InChI is InChI=1S/C21H17NO2/c22-12-13-8-10-14(11-9-13)15-6-3-7-18-19(15)21(24)17-5-2-1-4-16(17)20(18)23/h1-11,23-24H,12,22H2. The highest BCUT2D eigenvalue weighted by Crippen LogP contribution is 2.45. The molecule has 0 spiro atoms. The van der Waals surface area contributed by atoms with Crippen LogP contribution in [0.1, 0.15) is 5.56 Å². The Morgan fingerprint density at radius 3 is 1.96 bits per heavy atom. The fraction of sp³-hybridized carbons (Fsp3) is 0.0476. The maximum absolute atomic E-state index is 10.8. The van der Waals surface area contributed by atoms with Crippen molar-refractivity contribution in [3.63, 3.8) is 0 Å². The van der Waals surface area contributed by atoms with Crippen molar-refractivity contribution in [3.8, 4) is 22.6 Å². The molecule has 24 heavy (non-hydrogen) atoms. The van der Waals surface area contributed by atoms with Gasteiger partial charge in [0.25, 0.3) is 0 Å². The normalized spacial score (nSPS) is 11.2. The summed E-state index contributed by atoms with van der Waals surface area (Å²) in [5, 5.41) is 24.1. The largest absolute Gasteiger partial charge is 0.507 e. The Morgan fingerprint density at radius 1 is 0.667 bits per heavy atom. The van der Waals surface area contributed by atoms with Crippen molar-refractivity contribution in [1.82, 2.24) is 0 Å². The lowest BCUT2D eigenvalue weighted by atomic mass is 9.93. The van der Waals surface area contributed by atoms with Gasteiger partial charge in [-0.05, 0) is 16.7 Å². The molecule has 4 rings (SSSR count). The number of fused-ring (bicyclic) bond motifs is 2. The van der Waals surface area contributed by atoms with Crippen LogP contribution in [0, 0.1) is 0 Å². The van der Waals surface area contributed by atoms with E-state index in [4.69, 9.17) is 5.73 Å². The highest BCUT2D eigenvalue weighted by molar-refractivity contribution is 6.15. The van der Waals surface area contributed by atoms with E-state index in [-0.39, 0.29) is 11.5 Å². The molecule has 0 aromatic heterocycles. The van der Waals surface area contributed by atoms with Gasteiger partial charge < -0.3 is 15.9 Å². The molecule has 0 radical (unpaired) electrons. The summed E-state index contributed by atoms with van der Waals surface area (Å²) < 4.78 is 0. The summed E-state index contributed by atoms with van der Waals surface area (Å²) in [5.41, 5.74) is 8.57. The zero-order chi connectivity index (χ0) is 16.7. The predicted molar refractivity (Wildman–Crippen MR) is 98.1 cm³/mol. The van der Waals surface area contributed by atoms with Crippen LogP contribution in [-0.4, -0.2) is 10.2 Å². The number of aromatic hydroxyl groups is 2. The van der Waals surface area contributed by atoms with Gasteiger partial charge in [0.2, 0.25) is 0 Å². The van der Waals surface area contributed by atoms with E-state index in [1.807, 2.05) is 66.7 Å². The van der Waals surface area contributed by atoms with Gasteiger partial charge in [-0.3, -0.25) is 0 Å². The monoisotopic (exact) mass is 315 g/mol. The van der Waals surface area contributed by atoms with Crippen LogP contribution in [0.25, 0.3) is 32.7 Å². The highest BCUT2D eigenvalue weighted by atomic mass is 16.3. The second kappa shape index (κ2) is 5.55. The molecule has 4 aromatic carbocycles. The zero-order valence-corrected chi connectivity index (χ0v) is 13.0. The van der Waals surface area contributed by atoms with E-state index in [1.54, 1.807) is 0 Å². The minimum atomic E-state index is 0.192. The quantitative estimate of drug-likeness (QED) is 0.376. The number of hydrogen-bond acceptors (Lipinski definition) is 3. The van der Waals surface area contributed by atoms with Gasteiger partial charge in [0.1, 0.15) is 11.5 Å². The summed E-state index contributed by atoms with van der Waals surface area (Å²) in [7, 11) is 0. The molecule has 0 saturated heterocycles. The van der Waals surface area contributed by atoms with Crippen molar-refractivity contribution in [2.45, 2.75) is 6.54 Å². The molecule has 0 saturated carbocycles. The first-order valence-electron chi connectivity index (χ1n) is 7.85. The Kier molecular flexibility index (Phi) is 3.36. The third kappa shape index (κ3) is 2.10. The fourth-order valence-corrected chi connectivity index (χ4v) is 3.24. The minimum Gasteiger partial charge on any atom is -0.507 e. The lowest BCUT2D eigenvalue weighted by Crippen LogP contribution is -1.95. The molecule has 118 valence electrons. The second-order valence-corrected chi connectivity index (χ2v) is 5.87. The zero-order valence-electron chi connectivity index (χ0n) is 13.0. The molecular weight excluding hydrogens is 298 g/mol. The molecule has 0 heterocycles. The summed E-state index contributed by atoms with van der Waals surface area (Å²) in [4.78, 5) is 0. The molecule has 0 aliphatic heterocycles. The molecule has 0 aliphatic rings. The van der Waals surface area contributed by atoms with E-state index in [0.717, 1.165) is 16.7 Å². The van der Waals surface area contributed by atoms with Crippen molar-refractivity contribution in [1.29, 1.82) is 0 Å². The van der Waals surface area contributed by atoms with Crippen LogP contribution in [0.5, 0.6) is 11.5 Å². The summed E-state index contributed by atoms with van der Waals surface area (Å²) in [5.74, 6) is 0.385. The summed E-state index contributed by atoms with van der Waals surface area (Å²) in [6.07, 6.45) is 0. The first-order valence-corrected chi connectivity index (χ1v) is 7.85. The molecule has 0 atom stereocenters. The minimum absolute atomic E-state index is 0.192. The molecule has 3 heteroatoms. The van der Waals surface area contributed by atoms with Gasteiger partial charge in [0.05, 0.1) is 0 Å². The van der Waals surface area contributed by atoms with Gasteiger partial charge in [-0.1, -0.05) is 66.7 Å². The molecule has 0 unspecified atom stereocenters. The summed E-state index contributed by atoms with van der Waals surface area (Å²) in [6.45, 7) is 0.493. The SMILES string of the molecule is NCc1ccc(-c2cccc3c(O)c4ccccc4c(O)c23)cc1. The van der Waals surface area contributed by atoms with Gasteiger partial charge in [-0.25, -0.2) is 0 Å². The van der Waals surface area contributed by atoms with Crippen LogP contribution >= 0.6 is 0 Å². The number of benzene rings is 4. The smallest absolute Gasteiger partial charge is 0.132 e. The van der Waals surface area contributed by atoms with E-state index in [2.05, 4.69) is 0 Å². The molecule has 0 fully saturated rings. The number of phenols is 2. The second-order valence-electron chi connectivity index (χ2n) is 5.87. The van der Waals surface area contributed by atoms with Gasteiger partial charge in [-0.15, -0.1) is 0 Å². The number of rotatable bonds is 2. The first kappa shape index (κ1) is 14.5. The van der Waals surface area contributed by atoms with E-state index in [0.29, 0.717) is 28.1 Å². The maximum Gasteiger partial charge on any atom is 0.132 e. The molecule has 4 N–H and O–H groups in total. The molecule has 0 bridgehead atoms. The third-order valence-corrected chi connectivity index (χ3v) is 4.49. The van der Waals surface area contributed by atoms with Crippen LogP contribution in [0.2, 0.25) is 0 Å². The Bertz CT molecular complexity index is 1050. The topological polar surface area (TPSA) is 66.5 Å².